The Bertz CT molecular complexity index is 660. The first-order chi connectivity index (χ1) is 11.2. The predicted molar refractivity (Wildman–Crippen MR) is 91.8 cm³/mol. The minimum atomic E-state index is 0.252. The summed E-state index contributed by atoms with van der Waals surface area (Å²) in [5.74, 6) is 2.79. The molecule has 1 saturated carbocycles. The number of aromatic amines is 1. The first-order valence-electron chi connectivity index (χ1n) is 7.99. The Balaban J connectivity index is 1.58. The third kappa shape index (κ3) is 4.45. The number of nitrogens with one attached hydrogen (secondary N) is 4. The molecule has 23 heavy (non-hydrogen) atoms. The van der Waals surface area contributed by atoms with Crippen LogP contribution in [0.4, 0.5) is 17.6 Å². The number of rotatable bonds is 8. The van der Waals surface area contributed by atoms with Gasteiger partial charge in [-0.2, -0.15) is 10.1 Å². The molecule has 7 heteroatoms. The van der Waals surface area contributed by atoms with Crippen LogP contribution in [0.1, 0.15) is 37.8 Å². The van der Waals surface area contributed by atoms with Crippen LogP contribution in [-0.4, -0.2) is 33.3 Å². The standard InChI is InChI=1S/C16H23N7/c1-11(4-3-8-17-2)19-16-18-9-7-14(21-16)20-15-10-13(22-23-15)12-5-6-12/h3,7-12,17H,4-6H2,1-2H3,(H3,18,19,20,21,22,23)/b8-3+. The van der Waals surface area contributed by atoms with Crippen molar-refractivity contribution in [1.82, 2.24) is 25.5 Å². The minimum absolute atomic E-state index is 0.252. The summed E-state index contributed by atoms with van der Waals surface area (Å²) in [6, 6.07) is 4.14. The summed E-state index contributed by atoms with van der Waals surface area (Å²) in [5, 5.41) is 16.8. The topological polar surface area (TPSA) is 90.6 Å². The number of nitrogens with zero attached hydrogens (tertiary/aromatic N) is 3. The Hall–Kier alpha value is -2.57. The molecule has 2 heterocycles. The van der Waals surface area contributed by atoms with Gasteiger partial charge in [0.1, 0.15) is 5.82 Å². The van der Waals surface area contributed by atoms with Gasteiger partial charge in [0.15, 0.2) is 5.82 Å². The van der Waals surface area contributed by atoms with Crippen LogP contribution in [0.25, 0.3) is 0 Å². The summed E-state index contributed by atoms with van der Waals surface area (Å²) in [6.07, 6.45) is 9.13. The van der Waals surface area contributed by atoms with Crippen molar-refractivity contribution in [1.29, 1.82) is 0 Å². The Labute approximate surface area is 136 Å². The summed E-state index contributed by atoms with van der Waals surface area (Å²) in [5.41, 5.74) is 1.20. The Morgan fingerprint density at radius 3 is 3.04 bits per heavy atom. The highest BCUT2D eigenvalue weighted by Crippen LogP contribution is 2.39. The van der Waals surface area contributed by atoms with Gasteiger partial charge < -0.3 is 16.0 Å². The van der Waals surface area contributed by atoms with Gasteiger partial charge in [0, 0.05) is 37.0 Å². The monoisotopic (exact) mass is 313 g/mol. The normalized spacial score (nSPS) is 15.6. The summed E-state index contributed by atoms with van der Waals surface area (Å²) in [6.45, 7) is 2.10. The van der Waals surface area contributed by atoms with Gasteiger partial charge in [-0.15, -0.1) is 0 Å². The molecule has 3 rings (SSSR count). The molecule has 1 fully saturated rings. The molecule has 0 aromatic carbocycles. The highest BCUT2D eigenvalue weighted by Gasteiger charge is 2.25. The lowest BCUT2D eigenvalue weighted by molar-refractivity contribution is 0.794. The lowest BCUT2D eigenvalue weighted by Crippen LogP contribution is -2.16. The zero-order valence-electron chi connectivity index (χ0n) is 13.5. The van der Waals surface area contributed by atoms with E-state index in [0.29, 0.717) is 11.9 Å². The van der Waals surface area contributed by atoms with Gasteiger partial charge in [-0.25, -0.2) is 4.98 Å². The summed E-state index contributed by atoms with van der Waals surface area (Å²) < 4.78 is 0. The predicted octanol–water partition coefficient (Wildman–Crippen LogP) is 2.74. The quantitative estimate of drug-likeness (QED) is 0.599. The van der Waals surface area contributed by atoms with E-state index in [1.54, 1.807) is 6.20 Å². The van der Waals surface area contributed by atoms with E-state index in [-0.39, 0.29) is 6.04 Å². The van der Waals surface area contributed by atoms with Crippen molar-refractivity contribution in [3.63, 3.8) is 0 Å². The molecule has 1 aliphatic rings. The van der Waals surface area contributed by atoms with Crippen molar-refractivity contribution in [2.45, 2.75) is 38.1 Å². The van der Waals surface area contributed by atoms with Crippen molar-refractivity contribution in [3.05, 3.63) is 36.3 Å². The number of anilines is 3. The average Bonchev–Trinajstić information content (AvgIpc) is 3.28. The molecule has 0 saturated heterocycles. The Morgan fingerprint density at radius 2 is 2.26 bits per heavy atom. The van der Waals surface area contributed by atoms with Crippen LogP contribution in [0.3, 0.4) is 0 Å². The molecular formula is C16H23N7. The van der Waals surface area contributed by atoms with E-state index >= 15 is 0 Å². The molecule has 4 N–H and O–H groups in total. The third-order valence-corrected chi connectivity index (χ3v) is 3.68. The van der Waals surface area contributed by atoms with E-state index in [1.807, 2.05) is 19.3 Å². The van der Waals surface area contributed by atoms with E-state index in [4.69, 9.17) is 0 Å². The zero-order valence-corrected chi connectivity index (χ0v) is 13.5. The Kier molecular flexibility index (Phi) is 4.75. The minimum Gasteiger partial charge on any atom is -0.394 e. The second-order valence-electron chi connectivity index (χ2n) is 5.85. The summed E-state index contributed by atoms with van der Waals surface area (Å²) >= 11 is 0. The largest absolute Gasteiger partial charge is 0.394 e. The molecule has 0 spiro atoms. The lowest BCUT2D eigenvalue weighted by atomic mass is 10.2. The number of hydrogen-bond donors (Lipinski definition) is 4. The number of aromatic nitrogens is 4. The highest BCUT2D eigenvalue weighted by atomic mass is 15.2. The van der Waals surface area contributed by atoms with Gasteiger partial charge in [-0.05, 0) is 38.5 Å². The fourth-order valence-electron chi connectivity index (χ4n) is 2.30. The average molecular weight is 313 g/mol. The van der Waals surface area contributed by atoms with E-state index in [1.165, 1.54) is 18.5 Å². The molecule has 122 valence electrons. The molecule has 1 aliphatic carbocycles. The van der Waals surface area contributed by atoms with Crippen LogP contribution in [0.2, 0.25) is 0 Å². The first-order valence-corrected chi connectivity index (χ1v) is 7.99. The lowest BCUT2D eigenvalue weighted by Gasteiger charge is -2.12. The molecule has 0 radical (unpaired) electrons. The maximum atomic E-state index is 4.48. The summed E-state index contributed by atoms with van der Waals surface area (Å²) in [4.78, 5) is 8.74. The van der Waals surface area contributed by atoms with E-state index in [0.717, 1.165) is 18.1 Å². The van der Waals surface area contributed by atoms with Crippen molar-refractivity contribution in [2.24, 2.45) is 0 Å². The first kappa shape index (κ1) is 15.3. The fraction of sp³-hybridized carbons (Fsp3) is 0.438. The van der Waals surface area contributed by atoms with E-state index < -0.39 is 0 Å². The smallest absolute Gasteiger partial charge is 0.224 e. The van der Waals surface area contributed by atoms with Crippen LogP contribution in [0.5, 0.6) is 0 Å². The van der Waals surface area contributed by atoms with Crippen LogP contribution in [0.15, 0.2) is 30.6 Å². The SMILES string of the molecule is CN/C=C/CC(C)Nc1nccc(Nc2cc(C3CC3)[nH]n2)n1. The second kappa shape index (κ2) is 7.13. The molecule has 7 nitrogen and oxygen atoms in total. The van der Waals surface area contributed by atoms with Crippen LogP contribution >= 0.6 is 0 Å². The van der Waals surface area contributed by atoms with Crippen LogP contribution in [-0.2, 0) is 0 Å². The number of H-pyrrole nitrogens is 1. The van der Waals surface area contributed by atoms with Gasteiger partial charge in [0.25, 0.3) is 0 Å². The molecule has 2 aromatic rings. The van der Waals surface area contributed by atoms with Gasteiger partial charge in [0.2, 0.25) is 5.95 Å². The molecule has 0 aliphatic heterocycles. The second-order valence-corrected chi connectivity index (χ2v) is 5.85. The van der Waals surface area contributed by atoms with Crippen molar-refractivity contribution in [3.8, 4) is 0 Å². The molecular weight excluding hydrogens is 290 g/mol. The molecule has 1 atom stereocenters. The van der Waals surface area contributed by atoms with Gasteiger partial charge in [0.05, 0.1) is 0 Å². The van der Waals surface area contributed by atoms with E-state index in [9.17, 15) is 0 Å². The molecule has 2 aromatic heterocycles. The van der Waals surface area contributed by atoms with Crippen molar-refractivity contribution >= 4 is 17.6 Å². The van der Waals surface area contributed by atoms with Crippen molar-refractivity contribution in [2.75, 3.05) is 17.7 Å². The fourth-order valence-corrected chi connectivity index (χ4v) is 2.30. The van der Waals surface area contributed by atoms with E-state index in [2.05, 4.69) is 55.2 Å². The van der Waals surface area contributed by atoms with Crippen molar-refractivity contribution < 1.29 is 0 Å². The van der Waals surface area contributed by atoms with Crippen LogP contribution < -0.4 is 16.0 Å². The molecule has 1 unspecified atom stereocenters. The highest BCUT2D eigenvalue weighted by molar-refractivity contribution is 5.53. The summed E-state index contributed by atoms with van der Waals surface area (Å²) in [7, 11) is 1.89. The van der Waals surface area contributed by atoms with Gasteiger partial charge in [-0.3, -0.25) is 5.10 Å². The maximum Gasteiger partial charge on any atom is 0.224 e. The van der Waals surface area contributed by atoms with Gasteiger partial charge >= 0.3 is 0 Å². The maximum absolute atomic E-state index is 4.48. The zero-order chi connectivity index (χ0) is 16.1. The molecule has 0 amide bonds. The number of hydrogen-bond acceptors (Lipinski definition) is 6. The third-order valence-electron chi connectivity index (χ3n) is 3.68. The van der Waals surface area contributed by atoms with Gasteiger partial charge in [-0.1, -0.05) is 6.08 Å². The molecule has 0 bridgehead atoms. The van der Waals surface area contributed by atoms with Crippen LogP contribution in [0, 0.1) is 0 Å². The Morgan fingerprint density at radius 1 is 1.39 bits per heavy atom.